The van der Waals surface area contributed by atoms with Crippen LogP contribution in [0, 0.1) is 5.92 Å². The molecule has 0 spiro atoms. The number of benzene rings is 1. The van der Waals surface area contributed by atoms with Crippen LogP contribution in [0.5, 0.6) is 5.75 Å². The molecule has 1 aliphatic heterocycles. The number of para-hydroxylation sites is 2. The fraction of sp³-hybridized carbons (Fsp3) is 0.556. The summed E-state index contributed by atoms with van der Waals surface area (Å²) >= 11 is 0. The maximum absolute atomic E-state index is 12.4. The minimum absolute atomic E-state index is 0.0104. The molecular formula is C18H24N2O3. The van der Waals surface area contributed by atoms with Crippen molar-refractivity contribution in [3.8, 4) is 5.75 Å². The molecule has 1 N–H and O–H groups in total. The Kier molecular flexibility index (Phi) is 4.84. The van der Waals surface area contributed by atoms with E-state index in [9.17, 15) is 9.59 Å². The molecule has 1 atom stereocenters. The van der Waals surface area contributed by atoms with Gasteiger partial charge in [-0.1, -0.05) is 25.0 Å². The van der Waals surface area contributed by atoms with Crippen molar-refractivity contribution in [1.82, 2.24) is 5.32 Å². The summed E-state index contributed by atoms with van der Waals surface area (Å²) in [7, 11) is 0. The number of hydrogen-bond acceptors (Lipinski definition) is 3. The predicted molar refractivity (Wildman–Crippen MR) is 88.5 cm³/mol. The van der Waals surface area contributed by atoms with Gasteiger partial charge in [-0.3, -0.25) is 9.59 Å². The fourth-order valence-corrected chi connectivity index (χ4v) is 3.46. The van der Waals surface area contributed by atoms with Crippen molar-refractivity contribution in [1.29, 1.82) is 0 Å². The van der Waals surface area contributed by atoms with Gasteiger partial charge >= 0.3 is 0 Å². The van der Waals surface area contributed by atoms with Crippen molar-refractivity contribution in [3.63, 3.8) is 0 Å². The van der Waals surface area contributed by atoms with Gasteiger partial charge in [0.05, 0.1) is 18.2 Å². The highest BCUT2D eigenvalue weighted by molar-refractivity contribution is 6.01. The van der Waals surface area contributed by atoms with E-state index in [1.54, 1.807) is 4.90 Å². The van der Waals surface area contributed by atoms with Gasteiger partial charge in [-0.25, -0.2) is 0 Å². The van der Waals surface area contributed by atoms with Gasteiger partial charge < -0.3 is 15.0 Å². The number of hydrogen-bond donors (Lipinski definition) is 1. The van der Waals surface area contributed by atoms with Crippen LogP contribution in [0.1, 0.15) is 39.0 Å². The fourth-order valence-electron chi connectivity index (χ4n) is 3.46. The van der Waals surface area contributed by atoms with Crippen molar-refractivity contribution >= 4 is 17.5 Å². The van der Waals surface area contributed by atoms with Crippen LogP contribution in [0.2, 0.25) is 0 Å². The molecule has 2 amide bonds. The maximum atomic E-state index is 12.4. The van der Waals surface area contributed by atoms with Crippen LogP contribution < -0.4 is 15.0 Å². The second kappa shape index (κ2) is 7.02. The third-order valence-electron chi connectivity index (χ3n) is 4.65. The predicted octanol–water partition coefficient (Wildman–Crippen LogP) is 2.50. The molecule has 0 radical (unpaired) electrons. The average molecular weight is 316 g/mol. The Hall–Kier alpha value is -2.04. The number of nitrogens with zero attached hydrogens (tertiary/aromatic N) is 1. The van der Waals surface area contributed by atoms with Crippen LogP contribution in [0.3, 0.4) is 0 Å². The van der Waals surface area contributed by atoms with E-state index in [0.717, 1.165) is 18.5 Å². The Bertz CT molecular complexity index is 581. The monoisotopic (exact) mass is 316 g/mol. The molecule has 1 aliphatic carbocycles. The standard InChI is InChI=1S/C18H24N2O3/c1-2-23-16-10-6-5-9-15(16)20-12-13(11-17(20)21)18(22)19-14-7-3-4-8-14/h5-6,9-10,13-14H,2-4,7-8,11-12H2,1H3,(H,19,22)/t13-/m1/s1. The molecule has 3 rings (SSSR count). The van der Waals surface area contributed by atoms with Gasteiger partial charge in [0.25, 0.3) is 0 Å². The zero-order valence-corrected chi connectivity index (χ0v) is 13.6. The highest BCUT2D eigenvalue weighted by atomic mass is 16.5. The van der Waals surface area contributed by atoms with Crippen molar-refractivity contribution < 1.29 is 14.3 Å². The van der Waals surface area contributed by atoms with E-state index >= 15 is 0 Å². The van der Waals surface area contributed by atoms with Crippen LogP contribution >= 0.6 is 0 Å². The summed E-state index contributed by atoms with van der Waals surface area (Å²) in [5, 5.41) is 3.10. The van der Waals surface area contributed by atoms with E-state index < -0.39 is 0 Å². The first-order valence-electron chi connectivity index (χ1n) is 8.51. The molecule has 1 aromatic carbocycles. The lowest BCUT2D eigenvalue weighted by Crippen LogP contribution is -2.38. The third-order valence-corrected chi connectivity index (χ3v) is 4.65. The number of anilines is 1. The first-order chi connectivity index (χ1) is 11.2. The molecule has 1 saturated heterocycles. The van der Waals surface area contributed by atoms with E-state index in [2.05, 4.69) is 5.32 Å². The van der Waals surface area contributed by atoms with Gasteiger partial charge in [-0.15, -0.1) is 0 Å². The lowest BCUT2D eigenvalue weighted by Gasteiger charge is -2.20. The molecule has 0 aromatic heterocycles. The van der Waals surface area contributed by atoms with E-state index in [-0.39, 0.29) is 24.2 Å². The Morgan fingerprint density at radius 2 is 2.04 bits per heavy atom. The minimum atomic E-state index is -0.266. The molecule has 124 valence electrons. The van der Waals surface area contributed by atoms with E-state index in [4.69, 9.17) is 4.74 Å². The molecule has 0 bridgehead atoms. The van der Waals surface area contributed by atoms with Crippen LogP contribution in [-0.4, -0.2) is 31.0 Å². The van der Waals surface area contributed by atoms with Gasteiger partial charge in [-0.05, 0) is 31.9 Å². The lowest BCUT2D eigenvalue weighted by atomic mass is 10.1. The Balaban J connectivity index is 1.68. The number of ether oxygens (including phenoxy) is 1. The highest BCUT2D eigenvalue weighted by Crippen LogP contribution is 2.33. The lowest BCUT2D eigenvalue weighted by molar-refractivity contribution is -0.126. The first-order valence-corrected chi connectivity index (χ1v) is 8.51. The normalized spacial score (nSPS) is 21.7. The maximum Gasteiger partial charge on any atom is 0.227 e. The smallest absolute Gasteiger partial charge is 0.227 e. The Morgan fingerprint density at radius 1 is 1.30 bits per heavy atom. The van der Waals surface area contributed by atoms with E-state index in [1.807, 2.05) is 31.2 Å². The second-order valence-electron chi connectivity index (χ2n) is 6.30. The summed E-state index contributed by atoms with van der Waals surface area (Å²) in [5.41, 5.74) is 0.760. The van der Waals surface area contributed by atoms with Gasteiger partial charge in [0, 0.05) is 19.0 Å². The molecular weight excluding hydrogens is 292 g/mol. The van der Waals surface area contributed by atoms with Gasteiger partial charge in [0.1, 0.15) is 5.75 Å². The van der Waals surface area contributed by atoms with Crippen LogP contribution in [-0.2, 0) is 9.59 Å². The molecule has 5 nitrogen and oxygen atoms in total. The SMILES string of the molecule is CCOc1ccccc1N1C[C@H](C(=O)NC2CCCC2)CC1=O. The number of nitrogens with one attached hydrogen (secondary N) is 1. The Labute approximate surface area is 137 Å². The summed E-state index contributed by atoms with van der Waals surface area (Å²) in [6.07, 6.45) is 4.76. The summed E-state index contributed by atoms with van der Waals surface area (Å²) in [4.78, 5) is 26.5. The number of carbonyl (C=O) groups excluding carboxylic acids is 2. The molecule has 0 unspecified atom stereocenters. The minimum Gasteiger partial charge on any atom is -0.492 e. The third kappa shape index (κ3) is 3.49. The van der Waals surface area contributed by atoms with Crippen LogP contribution in [0.15, 0.2) is 24.3 Å². The van der Waals surface area contributed by atoms with E-state index in [0.29, 0.717) is 24.9 Å². The summed E-state index contributed by atoms with van der Waals surface area (Å²) in [6.45, 7) is 2.90. The molecule has 1 heterocycles. The van der Waals surface area contributed by atoms with Crippen molar-refractivity contribution in [3.05, 3.63) is 24.3 Å². The highest BCUT2D eigenvalue weighted by Gasteiger charge is 2.37. The number of carbonyl (C=O) groups is 2. The molecule has 1 aromatic rings. The molecule has 23 heavy (non-hydrogen) atoms. The second-order valence-corrected chi connectivity index (χ2v) is 6.30. The largest absolute Gasteiger partial charge is 0.492 e. The summed E-state index contributed by atoms with van der Waals surface area (Å²) in [5.74, 6) is 0.434. The van der Waals surface area contributed by atoms with Crippen LogP contribution in [0.4, 0.5) is 5.69 Å². The number of rotatable bonds is 5. The number of amides is 2. The molecule has 1 saturated carbocycles. The topological polar surface area (TPSA) is 58.6 Å². The molecule has 2 fully saturated rings. The Morgan fingerprint density at radius 3 is 2.78 bits per heavy atom. The van der Waals surface area contributed by atoms with Crippen molar-refractivity contribution in [2.24, 2.45) is 5.92 Å². The van der Waals surface area contributed by atoms with Gasteiger partial charge in [0.15, 0.2) is 0 Å². The summed E-state index contributed by atoms with van der Waals surface area (Å²) in [6, 6.07) is 7.80. The van der Waals surface area contributed by atoms with Crippen LogP contribution in [0.25, 0.3) is 0 Å². The van der Waals surface area contributed by atoms with Crippen molar-refractivity contribution in [2.45, 2.75) is 45.1 Å². The molecule has 5 heteroatoms. The van der Waals surface area contributed by atoms with E-state index in [1.165, 1.54) is 12.8 Å². The average Bonchev–Trinajstić information content (AvgIpc) is 3.18. The quantitative estimate of drug-likeness (QED) is 0.908. The molecule has 2 aliphatic rings. The zero-order chi connectivity index (χ0) is 16.2. The van der Waals surface area contributed by atoms with Gasteiger partial charge in [-0.2, -0.15) is 0 Å². The first kappa shape index (κ1) is 15.8. The van der Waals surface area contributed by atoms with Crippen molar-refractivity contribution in [2.75, 3.05) is 18.1 Å². The zero-order valence-electron chi connectivity index (χ0n) is 13.6. The summed E-state index contributed by atoms with van der Waals surface area (Å²) < 4.78 is 5.61. The van der Waals surface area contributed by atoms with Gasteiger partial charge in [0.2, 0.25) is 11.8 Å².